The van der Waals surface area contributed by atoms with Crippen LogP contribution in [0.5, 0.6) is 0 Å². The minimum Gasteiger partial charge on any atom is -0.384 e. The number of nitrogens with zero attached hydrogens (tertiary/aromatic N) is 2. The molecule has 6 heteroatoms. The van der Waals surface area contributed by atoms with Crippen molar-refractivity contribution in [1.29, 1.82) is 0 Å². The molecule has 2 aromatic rings. The Labute approximate surface area is 159 Å². The number of hydrogen-bond acceptors (Lipinski definition) is 5. The summed E-state index contributed by atoms with van der Waals surface area (Å²) in [5.41, 5.74) is 2.15. The lowest BCUT2D eigenvalue weighted by molar-refractivity contribution is -0.140. The van der Waals surface area contributed by atoms with E-state index in [0.717, 1.165) is 36.6 Å². The lowest BCUT2D eigenvalue weighted by Gasteiger charge is -2.41. The van der Waals surface area contributed by atoms with Crippen LogP contribution in [0.1, 0.15) is 44.4 Å². The van der Waals surface area contributed by atoms with E-state index in [-0.39, 0.29) is 11.3 Å². The summed E-state index contributed by atoms with van der Waals surface area (Å²) in [6.45, 7) is 5.86. The fourth-order valence-electron chi connectivity index (χ4n) is 3.63. The first-order valence-corrected chi connectivity index (χ1v) is 10.2. The highest BCUT2D eigenvalue weighted by molar-refractivity contribution is 7.13. The van der Waals surface area contributed by atoms with Crippen molar-refractivity contribution in [2.75, 3.05) is 25.0 Å². The topological polar surface area (TPSA) is 65.5 Å². The van der Waals surface area contributed by atoms with Crippen molar-refractivity contribution in [3.05, 3.63) is 47.0 Å². The molecule has 0 aliphatic carbocycles. The summed E-state index contributed by atoms with van der Waals surface area (Å²) >= 11 is 1.65. The smallest absolute Gasteiger partial charge is 0.251 e. The number of aromatic nitrogens is 1. The Morgan fingerprint density at radius 1 is 1.35 bits per heavy atom. The molecule has 3 rings (SSSR count). The summed E-state index contributed by atoms with van der Waals surface area (Å²) in [5.74, 6) is -0.185. The zero-order chi connectivity index (χ0) is 18.6. The van der Waals surface area contributed by atoms with Crippen LogP contribution in [-0.4, -0.2) is 46.6 Å². The van der Waals surface area contributed by atoms with Crippen molar-refractivity contribution in [1.82, 2.24) is 9.88 Å². The highest BCUT2D eigenvalue weighted by Gasteiger charge is 2.41. The van der Waals surface area contributed by atoms with Crippen LogP contribution in [0.3, 0.4) is 0 Å². The number of thiazole rings is 1. The number of anilines is 1. The van der Waals surface area contributed by atoms with Crippen molar-refractivity contribution < 1.29 is 9.90 Å². The minimum atomic E-state index is -0.941. The molecule has 0 spiro atoms. The summed E-state index contributed by atoms with van der Waals surface area (Å²) in [6, 6.07) is 10.5. The molecule has 0 bridgehead atoms. The number of carbonyl (C=O) groups excluding carboxylic acids is 1. The number of hydrogen-bond donors (Lipinski definition) is 2. The predicted molar refractivity (Wildman–Crippen MR) is 106 cm³/mol. The number of nitrogens with one attached hydrogen (secondary N) is 1. The number of aliphatic hydroxyl groups excluding tert-OH is 1. The maximum Gasteiger partial charge on any atom is 0.251 e. The van der Waals surface area contributed by atoms with Gasteiger partial charge in [-0.2, -0.15) is 0 Å². The molecule has 1 saturated heterocycles. The van der Waals surface area contributed by atoms with Crippen LogP contribution in [0.4, 0.5) is 5.13 Å². The summed E-state index contributed by atoms with van der Waals surface area (Å²) < 4.78 is 0. The molecule has 5 nitrogen and oxygen atoms in total. The van der Waals surface area contributed by atoms with Gasteiger partial charge in [-0.05, 0) is 31.7 Å². The molecule has 0 radical (unpaired) electrons. The summed E-state index contributed by atoms with van der Waals surface area (Å²) in [4.78, 5) is 18.8. The summed E-state index contributed by atoms with van der Waals surface area (Å²) in [6.07, 6.45) is 1.75. The molecule has 1 aromatic carbocycles. The fraction of sp³-hybridized carbons (Fsp3) is 0.500. The van der Waals surface area contributed by atoms with Gasteiger partial charge in [-0.25, -0.2) is 4.98 Å². The average Bonchev–Trinajstić information content (AvgIpc) is 3.16. The molecule has 1 fully saturated rings. The third-order valence-corrected chi connectivity index (χ3v) is 5.93. The predicted octanol–water partition coefficient (Wildman–Crippen LogP) is 3.25. The van der Waals surface area contributed by atoms with Crippen LogP contribution in [0.25, 0.3) is 0 Å². The molecule has 1 aliphatic rings. The van der Waals surface area contributed by atoms with Crippen LogP contribution < -0.4 is 5.32 Å². The van der Waals surface area contributed by atoms with Gasteiger partial charge in [-0.15, -0.1) is 11.3 Å². The van der Waals surface area contributed by atoms with Gasteiger partial charge < -0.3 is 15.3 Å². The summed E-state index contributed by atoms with van der Waals surface area (Å²) in [7, 11) is 0. The molecule has 1 aliphatic heterocycles. The van der Waals surface area contributed by atoms with E-state index in [1.165, 1.54) is 12.5 Å². The van der Waals surface area contributed by atoms with E-state index in [9.17, 15) is 9.90 Å². The van der Waals surface area contributed by atoms with Crippen LogP contribution in [0.2, 0.25) is 0 Å². The number of benzene rings is 1. The zero-order valence-corrected chi connectivity index (χ0v) is 16.3. The lowest BCUT2D eigenvalue weighted by Crippen LogP contribution is -2.48. The maximum atomic E-state index is 12.2. The molecular formula is C20H27N3O2S. The van der Waals surface area contributed by atoms with E-state index < -0.39 is 6.10 Å². The van der Waals surface area contributed by atoms with Crippen molar-refractivity contribution in [2.24, 2.45) is 0 Å². The lowest BCUT2D eigenvalue weighted by atomic mass is 9.70. The normalized spacial score (nSPS) is 17.7. The Hall–Kier alpha value is -1.92. The van der Waals surface area contributed by atoms with Gasteiger partial charge in [-0.1, -0.05) is 37.3 Å². The SMILES string of the molecule is CCCNc1nc(C2(c3ccccc3)CCN(C(=O)[C@@H](C)O)CC2)cs1. The molecule has 140 valence electrons. The highest BCUT2D eigenvalue weighted by atomic mass is 32.1. The zero-order valence-electron chi connectivity index (χ0n) is 15.4. The Balaban J connectivity index is 1.88. The minimum absolute atomic E-state index is 0.181. The van der Waals surface area contributed by atoms with E-state index >= 15 is 0 Å². The second-order valence-electron chi connectivity index (χ2n) is 6.91. The van der Waals surface area contributed by atoms with Gasteiger partial charge in [0.15, 0.2) is 5.13 Å². The second kappa shape index (κ2) is 8.18. The fourth-order valence-corrected chi connectivity index (χ4v) is 4.47. The van der Waals surface area contributed by atoms with E-state index in [1.807, 2.05) is 6.07 Å². The third-order valence-electron chi connectivity index (χ3n) is 5.13. The van der Waals surface area contributed by atoms with Gasteiger partial charge >= 0.3 is 0 Å². The van der Waals surface area contributed by atoms with Gasteiger partial charge in [0.05, 0.1) is 5.69 Å². The molecule has 1 atom stereocenters. The van der Waals surface area contributed by atoms with Gasteiger partial charge in [0.1, 0.15) is 6.10 Å². The van der Waals surface area contributed by atoms with Crippen LogP contribution in [-0.2, 0) is 10.2 Å². The monoisotopic (exact) mass is 373 g/mol. The third kappa shape index (κ3) is 3.76. The number of carbonyl (C=O) groups is 1. The quantitative estimate of drug-likeness (QED) is 0.816. The Bertz CT molecular complexity index is 722. The molecule has 2 heterocycles. The number of likely N-dealkylation sites (tertiary alicyclic amines) is 1. The van der Waals surface area contributed by atoms with Crippen LogP contribution in [0.15, 0.2) is 35.7 Å². The standard InChI is InChI=1S/C20H27N3O2S/c1-3-11-21-19-22-17(14-26-19)20(16-7-5-4-6-8-16)9-12-23(13-10-20)18(25)15(2)24/h4-8,14-15,24H,3,9-13H2,1-2H3,(H,21,22)/t15-/m1/s1. The van der Waals surface area contributed by atoms with Crippen molar-refractivity contribution in [2.45, 2.75) is 44.6 Å². The van der Waals surface area contributed by atoms with E-state index in [4.69, 9.17) is 4.98 Å². The van der Waals surface area contributed by atoms with Crippen molar-refractivity contribution >= 4 is 22.4 Å². The molecule has 26 heavy (non-hydrogen) atoms. The number of aliphatic hydroxyl groups is 1. The van der Waals surface area contributed by atoms with Gasteiger partial charge in [0.2, 0.25) is 0 Å². The van der Waals surface area contributed by atoms with Gasteiger partial charge in [0.25, 0.3) is 5.91 Å². The molecule has 0 saturated carbocycles. The van der Waals surface area contributed by atoms with Crippen molar-refractivity contribution in [3.63, 3.8) is 0 Å². The van der Waals surface area contributed by atoms with Gasteiger partial charge in [0, 0.05) is 30.4 Å². The van der Waals surface area contributed by atoms with Crippen molar-refractivity contribution in [3.8, 4) is 0 Å². The molecule has 1 aromatic heterocycles. The Morgan fingerprint density at radius 3 is 2.65 bits per heavy atom. The number of rotatable bonds is 6. The number of amides is 1. The van der Waals surface area contributed by atoms with Crippen LogP contribution in [0, 0.1) is 0 Å². The van der Waals surface area contributed by atoms with Crippen LogP contribution >= 0.6 is 11.3 Å². The molecular weight excluding hydrogens is 346 g/mol. The largest absolute Gasteiger partial charge is 0.384 e. The molecule has 0 unspecified atom stereocenters. The van der Waals surface area contributed by atoms with E-state index in [0.29, 0.717) is 13.1 Å². The maximum absolute atomic E-state index is 12.2. The second-order valence-corrected chi connectivity index (χ2v) is 7.77. The highest BCUT2D eigenvalue weighted by Crippen LogP contribution is 2.42. The first kappa shape index (κ1) is 18.9. The molecule has 1 amide bonds. The first-order chi connectivity index (χ1) is 12.6. The Morgan fingerprint density at radius 2 is 2.04 bits per heavy atom. The average molecular weight is 374 g/mol. The molecule has 2 N–H and O–H groups in total. The Kier molecular flexibility index (Phi) is 5.94. The number of piperidine rings is 1. The van der Waals surface area contributed by atoms with E-state index in [1.54, 1.807) is 16.2 Å². The first-order valence-electron chi connectivity index (χ1n) is 9.29. The van der Waals surface area contributed by atoms with Gasteiger partial charge in [-0.3, -0.25) is 4.79 Å². The van der Waals surface area contributed by atoms with E-state index in [2.05, 4.69) is 41.9 Å². The summed E-state index contributed by atoms with van der Waals surface area (Å²) in [5, 5.41) is 16.1.